The van der Waals surface area contributed by atoms with Gasteiger partial charge in [0.1, 0.15) is 5.54 Å². The van der Waals surface area contributed by atoms with Crippen molar-refractivity contribution in [3.8, 4) is 0 Å². The fourth-order valence-corrected chi connectivity index (χ4v) is 3.37. The van der Waals surface area contributed by atoms with Crippen LogP contribution in [0, 0.1) is 0 Å². The molecule has 100 valence electrons. The number of carbonyl (C=O) groups excluding carboxylic acids is 1. The highest BCUT2D eigenvalue weighted by atomic mass is 16.5. The maximum atomic E-state index is 12.6. The molecule has 1 saturated carbocycles. The second-order valence-electron chi connectivity index (χ2n) is 5.75. The van der Waals surface area contributed by atoms with Crippen molar-refractivity contribution in [2.75, 3.05) is 13.2 Å². The zero-order valence-corrected chi connectivity index (χ0v) is 10.9. The molecule has 0 aromatic carbocycles. The van der Waals surface area contributed by atoms with E-state index in [1.165, 1.54) is 25.7 Å². The molecule has 18 heavy (non-hydrogen) atoms. The van der Waals surface area contributed by atoms with Gasteiger partial charge in [-0.25, -0.2) is 0 Å². The van der Waals surface area contributed by atoms with Gasteiger partial charge >= 0.3 is 0 Å². The van der Waals surface area contributed by atoms with Crippen molar-refractivity contribution < 1.29 is 9.53 Å². The molecule has 3 aliphatic rings. The summed E-state index contributed by atoms with van der Waals surface area (Å²) in [6, 6.07) is 0.394. The van der Waals surface area contributed by atoms with E-state index >= 15 is 0 Å². The molecule has 4 nitrogen and oxygen atoms in total. The molecule has 0 aromatic rings. The van der Waals surface area contributed by atoms with Gasteiger partial charge in [-0.15, -0.1) is 0 Å². The Bertz CT molecular complexity index is 340. The smallest absolute Gasteiger partial charge is 0.256 e. The van der Waals surface area contributed by atoms with Gasteiger partial charge in [-0.3, -0.25) is 14.7 Å². The Balaban J connectivity index is 1.71. The van der Waals surface area contributed by atoms with Crippen molar-refractivity contribution in [2.45, 2.75) is 62.9 Å². The summed E-state index contributed by atoms with van der Waals surface area (Å²) in [6.07, 6.45) is 10.7. The molecule has 0 unspecified atom stereocenters. The van der Waals surface area contributed by atoms with E-state index in [9.17, 15) is 4.79 Å². The van der Waals surface area contributed by atoms with E-state index < -0.39 is 5.54 Å². The van der Waals surface area contributed by atoms with Gasteiger partial charge in [0.15, 0.2) is 0 Å². The van der Waals surface area contributed by atoms with Crippen LogP contribution in [-0.2, 0) is 9.53 Å². The first-order valence-corrected chi connectivity index (χ1v) is 7.28. The maximum Gasteiger partial charge on any atom is 0.256 e. The zero-order chi connectivity index (χ0) is 12.4. The molecule has 1 aliphatic carbocycles. The Labute approximate surface area is 108 Å². The predicted octanol–water partition coefficient (Wildman–Crippen LogP) is 2.13. The number of carbonyl (C=O) groups is 1. The zero-order valence-electron chi connectivity index (χ0n) is 10.9. The average molecular weight is 250 g/mol. The highest BCUT2D eigenvalue weighted by Crippen LogP contribution is 2.33. The number of amides is 1. The SMILES string of the molecule is O=C1N(C2CCCCCC2)C=NC12CCOCC2. The number of hydrogen-bond acceptors (Lipinski definition) is 3. The molecule has 2 heterocycles. The van der Waals surface area contributed by atoms with Gasteiger partial charge in [-0.1, -0.05) is 25.7 Å². The number of nitrogens with zero attached hydrogens (tertiary/aromatic N) is 2. The van der Waals surface area contributed by atoms with Crippen LogP contribution in [0.15, 0.2) is 4.99 Å². The summed E-state index contributed by atoms with van der Waals surface area (Å²) in [6.45, 7) is 1.34. The number of hydrogen-bond donors (Lipinski definition) is 0. The van der Waals surface area contributed by atoms with Crippen molar-refractivity contribution in [1.82, 2.24) is 4.90 Å². The minimum atomic E-state index is -0.468. The lowest BCUT2D eigenvalue weighted by molar-refractivity contribution is -0.135. The quantitative estimate of drug-likeness (QED) is 0.669. The third-order valence-electron chi connectivity index (χ3n) is 4.60. The van der Waals surface area contributed by atoms with Crippen molar-refractivity contribution in [3.63, 3.8) is 0 Å². The van der Waals surface area contributed by atoms with Gasteiger partial charge in [0, 0.05) is 32.1 Å². The second-order valence-corrected chi connectivity index (χ2v) is 5.75. The van der Waals surface area contributed by atoms with E-state index in [2.05, 4.69) is 4.99 Å². The van der Waals surface area contributed by atoms with E-state index in [4.69, 9.17) is 4.74 Å². The van der Waals surface area contributed by atoms with Crippen LogP contribution in [0.2, 0.25) is 0 Å². The van der Waals surface area contributed by atoms with E-state index in [-0.39, 0.29) is 5.91 Å². The van der Waals surface area contributed by atoms with Crippen LogP contribution >= 0.6 is 0 Å². The first-order valence-electron chi connectivity index (χ1n) is 7.28. The standard InChI is InChI=1S/C14H22N2O2/c17-13-14(7-9-18-10-8-14)15-11-16(13)12-5-3-1-2-4-6-12/h11-12H,1-10H2. The van der Waals surface area contributed by atoms with E-state index in [1.807, 2.05) is 11.2 Å². The van der Waals surface area contributed by atoms with Crippen LogP contribution in [0.1, 0.15) is 51.4 Å². The molecule has 4 heteroatoms. The number of aliphatic imine (C=N–C) groups is 1. The molecular weight excluding hydrogens is 228 g/mol. The Morgan fingerprint density at radius 3 is 2.50 bits per heavy atom. The van der Waals surface area contributed by atoms with Crippen LogP contribution in [0.25, 0.3) is 0 Å². The molecule has 1 spiro atoms. The third-order valence-corrected chi connectivity index (χ3v) is 4.60. The molecule has 0 aromatic heterocycles. The maximum absolute atomic E-state index is 12.6. The van der Waals surface area contributed by atoms with Gasteiger partial charge in [0.2, 0.25) is 0 Å². The molecule has 2 fully saturated rings. The fourth-order valence-electron chi connectivity index (χ4n) is 3.37. The summed E-state index contributed by atoms with van der Waals surface area (Å²) in [5.74, 6) is 0.234. The summed E-state index contributed by atoms with van der Waals surface area (Å²) in [4.78, 5) is 19.1. The summed E-state index contributed by atoms with van der Waals surface area (Å²) in [7, 11) is 0. The van der Waals surface area contributed by atoms with E-state index in [1.54, 1.807) is 0 Å². The molecule has 1 saturated heterocycles. The molecule has 0 radical (unpaired) electrons. The molecule has 0 atom stereocenters. The fraction of sp³-hybridized carbons (Fsp3) is 0.857. The molecule has 1 amide bonds. The highest BCUT2D eigenvalue weighted by molar-refractivity contribution is 6.00. The summed E-state index contributed by atoms with van der Waals surface area (Å²) >= 11 is 0. The van der Waals surface area contributed by atoms with Crippen molar-refractivity contribution in [2.24, 2.45) is 4.99 Å². The van der Waals surface area contributed by atoms with Crippen LogP contribution in [-0.4, -0.2) is 41.9 Å². The Kier molecular flexibility index (Phi) is 3.37. The van der Waals surface area contributed by atoms with Crippen LogP contribution < -0.4 is 0 Å². The predicted molar refractivity (Wildman–Crippen MR) is 69.6 cm³/mol. The molecule has 0 N–H and O–H groups in total. The Morgan fingerprint density at radius 2 is 1.83 bits per heavy atom. The van der Waals surface area contributed by atoms with Gasteiger partial charge in [0.25, 0.3) is 5.91 Å². The van der Waals surface area contributed by atoms with Gasteiger partial charge in [0.05, 0.1) is 6.34 Å². The summed E-state index contributed by atoms with van der Waals surface area (Å²) in [5.41, 5.74) is -0.468. The van der Waals surface area contributed by atoms with Crippen molar-refractivity contribution >= 4 is 12.2 Å². The second kappa shape index (κ2) is 5.00. The largest absolute Gasteiger partial charge is 0.381 e. The molecule has 0 bridgehead atoms. The first kappa shape index (κ1) is 12.2. The minimum absolute atomic E-state index is 0.234. The summed E-state index contributed by atoms with van der Waals surface area (Å²) < 4.78 is 5.36. The van der Waals surface area contributed by atoms with Crippen LogP contribution in [0.3, 0.4) is 0 Å². The average Bonchev–Trinajstić information content (AvgIpc) is 2.63. The molecule has 2 aliphatic heterocycles. The minimum Gasteiger partial charge on any atom is -0.381 e. The topological polar surface area (TPSA) is 41.9 Å². The van der Waals surface area contributed by atoms with Gasteiger partial charge in [-0.05, 0) is 12.8 Å². The molecular formula is C14H22N2O2. The lowest BCUT2D eigenvalue weighted by Gasteiger charge is -2.32. The Morgan fingerprint density at radius 1 is 1.17 bits per heavy atom. The number of ether oxygens (including phenoxy) is 1. The van der Waals surface area contributed by atoms with Crippen LogP contribution in [0.4, 0.5) is 0 Å². The van der Waals surface area contributed by atoms with Crippen molar-refractivity contribution in [3.05, 3.63) is 0 Å². The van der Waals surface area contributed by atoms with E-state index in [0.717, 1.165) is 25.7 Å². The van der Waals surface area contributed by atoms with E-state index in [0.29, 0.717) is 19.3 Å². The highest BCUT2D eigenvalue weighted by Gasteiger charge is 2.47. The normalized spacial score (nSPS) is 28.9. The monoisotopic (exact) mass is 250 g/mol. The molecule has 3 rings (SSSR count). The lowest BCUT2D eigenvalue weighted by atomic mass is 9.89. The van der Waals surface area contributed by atoms with Crippen molar-refractivity contribution in [1.29, 1.82) is 0 Å². The van der Waals surface area contributed by atoms with Gasteiger partial charge < -0.3 is 4.74 Å². The Hall–Kier alpha value is -0.900. The van der Waals surface area contributed by atoms with Crippen LogP contribution in [0.5, 0.6) is 0 Å². The van der Waals surface area contributed by atoms with Gasteiger partial charge in [-0.2, -0.15) is 0 Å². The summed E-state index contributed by atoms with van der Waals surface area (Å²) in [5, 5.41) is 0. The third kappa shape index (κ3) is 2.07. The first-order chi connectivity index (χ1) is 8.82. The number of rotatable bonds is 1. The lowest BCUT2D eigenvalue weighted by Crippen LogP contribution is -2.48.